The highest BCUT2D eigenvalue weighted by atomic mass is 16.5. The first-order valence-corrected chi connectivity index (χ1v) is 5.06. The molecule has 0 aromatic carbocycles. The normalized spacial score (nSPS) is 22.4. The molecule has 0 saturated carbocycles. The topological polar surface area (TPSA) is 77.4 Å². The molecule has 1 fully saturated rings. The van der Waals surface area contributed by atoms with Crippen LogP contribution in [0.3, 0.4) is 0 Å². The van der Waals surface area contributed by atoms with E-state index >= 15 is 0 Å². The fourth-order valence-corrected chi connectivity index (χ4v) is 1.74. The molecule has 6 nitrogen and oxygen atoms in total. The first kappa shape index (κ1) is 10.5. The molecule has 84 valence electrons. The van der Waals surface area contributed by atoms with Gasteiger partial charge in [-0.2, -0.15) is 4.98 Å². The first-order valence-electron chi connectivity index (χ1n) is 5.06. The molecule has 0 aliphatic carbocycles. The van der Waals surface area contributed by atoms with Crippen molar-refractivity contribution in [3.63, 3.8) is 0 Å². The van der Waals surface area contributed by atoms with Crippen molar-refractivity contribution in [2.45, 2.75) is 25.6 Å². The van der Waals surface area contributed by atoms with Crippen molar-refractivity contribution in [3.05, 3.63) is 11.7 Å². The van der Waals surface area contributed by atoms with Gasteiger partial charge < -0.3 is 15.0 Å². The fourth-order valence-electron chi connectivity index (χ4n) is 1.74. The summed E-state index contributed by atoms with van der Waals surface area (Å²) in [5, 5.41) is 3.80. The highest BCUT2D eigenvalue weighted by molar-refractivity contribution is 4.87. The van der Waals surface area contributed by atoms with Gasteiger partial charge in [0.25, 0.3) is 0 Å². The molecule has 2 N–H and O–H groups in total. The Labute approximate surface area is 88.4 Å². The van der Waals surface area contributed by atoms with Crippen LogP contribution in [0.15, 0.2) is 4.52 Å². The molecule has 1 aromatic rings. The van der Waals surface area contributed by atoms with E-state index in [1.54, 1.807) is 7.11 Å². The molecule has 1 saturated heterocycles. The van der Waals surface area contributed by atoms with Crippen LogP contribution >= 0.6 is 0 Å². The molecule has 0 radical (unpaired) electrons. The molecule has 1 aliphatic rings. The Balaban J connectivity index is 1.87. The lowest BCUT2D eigenvalue weighted by molar-refractivity contribution is 0.174. The summed E-state index contributed by atoms with van der Waals surface area (Å²) in [6.07, 6.45) is 1.04. The number of methoxy groups -OCH3 is 1. The highest BCUT2D eigenvalue weighted by Gasteiger charge is 2.20. The number of nitrogens with two attached hydrogens (primary N) is 1. The van der Waals surface area contributed by atoms with E-state index in [1.165, 1.54) is 0 Å². The minimum Gasteiger partial charge on any atom is -0.377 e. The summed E-state index contributed by atoms with van der Waals surface area (Å²) in [7, 11) is 1.61. The van der Waals surface area contributed by atoms with Crippen LogP contribution in [0, 0.1) is 0 Å². The number of aromatic nitrogens is 2. The van der Waals surface area contributed by atoms with Gasteiger partial charge in [-0.25, -0.2) is 0 Å². The molecule has 1 atom stereocenters. The average Bonchev–Trinajstić information content (AvgIpc) is 2.78. The Morgan fingerprint density at radius 1 is 1.67 bits per heavy atom. The lowest BCUT2D eigenvalue weighted by Crippen LogP contribution is -2.26. The summed E-state index contributed by atoms with van der Waals surface area (Å²) >= 11 is 0. The van der Waals surface area contributed by atoms with Gasteiger partial charge >= 0.3 is 0 Å². The maximum absolute atomic E-state index is 5.80. The van der Waals surface area contributed by atoms with Crippen molar-refractivity contribution in [2.75, 3.05) is 20.2 Å². The van der Waals surface area contributed by atoms with E-state index in [0.29, 0.717) is 24.9 Å². The van der Waals surface area contributed by atoms with Crippen LogP contribution < -0.4 is 5.73 Å². The number of likely N-dealkylation sites (tertiary alicyclic amines) is 1. The van der Waals surface area contributed by atoms with Gasteiger partial charge in [-0.3, -0.25) is 4.90 Å². The lowest BCUT2D eigenvalue weighted by Gasteiger charge is -2.10. The van der Waals surface area contributed by atoms with E-state index in [2.05, 4.69) is 15.0 Å². The minimum absolute atomic E-state index is 0.284. The molecule has 0 amide bonds. The summed E-state index contributed by atoms with van der Waals surface area (Å²) in [6, 6.07) is 0.284. The molecule has 6 heteroatoms. The molecule has 0 bridgehead atoms. The zero-order valence-corrected chi connectivity index (χ0v) is 8.85. The van der Waals surface area contributed by atoms with Gasteiger partial charge in [0.05, 0.1) is 6.54 Å². The lowest BCUT2D eigenvalue weighted by atomic mass is 10.3. The van der Waals surface area contributed by atoms with Gasteiger partial charge in [-0.1, -0.05) is 5.16 Å². The molecule has 2 heterocycles. The van der Waals surface area contributed by atoms with Crippen molar-refractivity contribution in [1.82, 2.24) is 15.0 Å². The van der Waals surface area contributed by atoms with Gasteiger partial charge in [0.2, 0.25) is 5.89 Å². The molecule has 1 aromatic heterocycles. The maximum atomic E-state index is 5.80. The Kier molecular flexibility index (Phi) is 3.30. The third-order valence-electron chi connectivity index (χ3n) is 2.45. The maximum Gasteiger partial charge on any atom is 0.240 e. The van der Waals surface area contributed by atoms with Gasteiger partial charge in [0.1, 0.15) is 6.61 Å². The monoisotopic (exact) mass is 212 g/mol. The van der Waals surface area contributed by atoms with E-state index < -0.39 is 0 Å². The van der Waals surface area contributed by atoms with Crippen molar-refractivity contribution in [1.29, 1.82) is 0 Å². The molecule has 15 heavy (non-hydrogen) atoms. The number of ether oxygens (including phenoxy) is 1. The van der Waals surface area contributed by atoms with Crippen LogP contribution in [0.25, 0.3) is 0 Å². The van der Waals surface area contributed by atoms with Crippen molar-refractivity contribution < 1.29 is 9.26 Å². The molecule has 0 spiro atoms. The van der Waals surface area contributed by atoms with Crippen molar-refractivity contribution in [3.8, 4) is 0 Å². The van der Waals surface area contributed by atoms with Crippen molar-refractivity contribution >= 4 is 0 Å². The standard InChI is InChI=1S/C9H16N4O2/c1-14-6-8-11-9(15-12-8)5-13-3-2-7(10)4-13/h7H,2-6,10H2,1H3. The second-order valence-electron chi connectivity index (χ2n) is 3.82. The minimum atomic E-state index is 0.284. The predicted molar refractivity (Wildman–Crippen MR) is 52.9 cm³/mol. The summed E-state index contributed by atoms with van der Waals surface area (Å²) in [6.45, 7) is 2.98. The Morgan fingerprint density at radius 2 is 2.53 bits per heavy atom. The predicted octanol–water partition coefficient (Wildman–Crippen LogP) is -0.251. The third-order valence-corrected chi connectivity index (χ3v) is 2.45. The van der Waals surface area contributed by atoms with Crippen LogP contribution in [0.2, 0.25) is 0 Å². The summed E-state index contributed by atoms with van der Waals surface area (Å²) in [5.41, 5.74) is 5.80. The van der Waals surface area contributed by atoms with Crippen molar-refractivity contribution in [2.24, 2.45) is 5.73 Å². The van der Waals surface area contributed by atoms with Crippen LogP contribution in [-0.2, 0) is 17.9 Å². The van der Waals surface area contributed by atoms with Crippen LogP contribution in [0.5, 0.6) is 0 Å². The van der Waals surface area contributed by atoms with E-state index in [-0.39, 0.29) is 6.04 Å². The van der Waals surface area contributed by atoms with E-state index in [0.717, 1.165) is 19.5 Å². The molecular weight excluding hydrogens is 196 g/mol. The first-order chi connectivity index (χ1) is 7.28. The molecule has 1 unspecified atom stereocenters. The van der Waals surface area contributed by atoms with Crippen LogP contribution in [0.4, 0.5) is 0 Å². The number of rotatable bonds is 4. The molecule has 1 aliphatic heterocycles. The van der Waals surface area contributed by atoms with Gasteiger partial charge in [0, 0.05) is 26.2 Å². The smallest absolute Gasteiger partial charge is 0.240 e. The van der Waals surface area contributed by atoms with E-state index in [1.807, 2.05) is 0 Å². The SMILES string of the molecule is COCc1noc(CN2CCC(N)C2)n1. The molecular formula is C9H16N4O2. The fraction of sp³-hybridized carbons (Fsp3) is 0.778. The number of nitrogens with zero attached hydrogens (tertiary/aromatic N) is 3. The Morgan fingerprint density at radius 3 is 3.20 bits per heavy atom. The zero-order chi connectivity index (χ0) is 10.7. The van der Waals surface area contributed by atoms with Gasteiger partial charge in [-0.05, 0) is 6.42 Å². The number of hydrogen-bond acceptors (Lipinski definition) is 6. The Bertz CT molecular complexity index is 315. The molecule has 2 rings (SSSR count). The summed E-state index contributed by atoms with van der Waals surface area (Å²) in [5.74, 6) is 1.23. The van der Waals surface area contributed by atoms with Gasteiger partial charge in [-0.15, -0.1) is 0 Å². The average molecular weight is 212 g/mol. The van der Waals surface area contributed by atoms with Gasteiger partial charge in [0.15, 0.2) is 5.82 Å². The van der Waals surface area contributed by atoms with E-state index in [9.17, 15) is 0 Å². The van der Waals surface area contributed by atoms with Crippen LogP contribution in [-0.4, -0.2) is 41.3 Å². The highest BCUT2D eigenvalue weighted by Crippen LogP contribution is 2.11. The van der Waals surface area contributed by atoms with E-state index in [4.69, 9.17) is 15.0 Å². The second kappa shape index (κ2) is 4.69. The second-order valence-corrected chi connectivity index (χ2v) is 3.82. The third kappa shape index (κ3) is 2.74. The summed E-state index contributed by atoms with van der Waals surface area (Å²) in [4.78, 5) is 6.42. The Hall–Kier alpha value is -0.980. The summed E-state index contributed by atoms with van der Waals surface area (Å²) < 4.78 is 10.0. The zero-order valence-electron chi connectivity index (χ0n) is 8.85. The quantitative estimate of drug-likeness (QED) is 0.741. The van der Waals surface area contributed by atoms with Crippen LogP contribution in [0.1, 0.15) is 18.1 Å². The number of hydrogen-bond donors (Lipinski definition) is 1. The largest absolute Gasteiger partial charge is 0.377 e.